The molecule has 0 spiro atoms. The molecule has 0 saturated carbocycles. The molecule has 1 N–H and O–H groups in total. The molecule has 0 aromatic carbocycles. The van der Waals surface area contributed by atoms with Crippen LogP contribution in [-0.4, -0.2) is 19.3 Å². The molecule has 0 radical (unpaired) electrons. The van der Waals surface area contributed by atoms with Crippen LogP contribution >= 0.6 is 0 Å². The van der Waals surface area contributed by atoms with Crippen LogP contribution in [0.3, 0.4) is 0 Å². The molecule has 70 valence electrons. The van der Waals surface area contributed by atoms with E-state index in [1.807, 2.05) is 0 Å². The van der Waals surface area contributed by atoms with Gasteiger partial charge < -0.3 is 5.32 Å². The Labute approximate surface area is 70.3 Å². The SMILES string of the molecule is CC#CCC(CC(F)(F)F)NC. The first-order valence-electron chi connectivity index (χ1n) is 3.63. The highest BCUT2D eigenvalue weighted by Crippen LogP contribution is 2.22. The van der Waals surface area contributed by atoms with E-state index in [2.05, 4.69) is 17.2 Å². The Bertz CT molecular complexity index is 175. The van der Waals surface area contributed by atoms with Gasteiger partial charge in [0.05, 0.1) is 6.42 Å². The van der Waals surface area contributed by atoms with Crippen LogP contribution in [0.1, 0.15) is 19.8 Å². The highest BCUT2D eigenvalue weighted by Gasteiger charge is 2.30. The molecule has 1 atom stereocenters. The van der Waals surface area contributed by atoms with Crippen molar-refractivity contribution in [3.05, 3.63) is 0 Å². The molecule has 0 aliphatic carbocycles. The molecule has 0 amide bonds. The molecule has 0 aromatic heterocycles. The second-order valence-electron chi connectivity index (χ2n) is 2.44. The summed E-state index contributed by atoms with van der Waals surface area (Å²) >= 11 is 0. The van der Waals surface area contributed by atoms with Crippen LogP contribution in [0.25, 0.3) is 0 Å². The summed E-state index contributed by atoms with van der Waals surface area (Å²) in [5.74, 6) is 5.17. The van der Waals surface area contributed by atoms with Crippen molar-refractivity contribution in [2.45, 2.75) is 32.0 Å². The zero-order valence-corrected chi connectivity index (χ0v) is 7.13. The van der Waals surface area contributed by atoms with Gasteiger partial charge >= 0.3 is 6.18 Å². The smallest absolute Gasteiger partial charge is 0.316 e. The van der Waals surface area contributed by atoms with Crippen LogP contribution in [0.5, 0.6) is 0 Å². The van der Waals surface area contributed by atoms with E-state index in [4.69, 9.17) is 0 Å². The van der Waals surface area contributed by atoms with Crippen molar-refractivity contribution in [1.29, 1.82) is 0 Å². The van der Waals surface area contributed by atoms with Gasteiger partial charge in [0.15, 0.2) is 0 Å². The monoisotopic (exact) mass is 179 g/mol. The van der Waals surface area contributed by atoms with Crippen LogP contribution in [0.4, 0.5) is 13.2 Å². The Morgan fingerprint density at radius 2 is 2.00 bits per heavy atom. The first-order valence-corrected chi connectivity index (χ1v) is 3.63. The maximum absolute atomic E-state index is 11.8. The van der Waals surface area contributed by atoms with Crippen LogP contribution in [0.2, 0.25) is 0 Å². The lowest BCUT2D eigenvalue weighted by Gasteiger charge is -2.14. The van der Waals surface area contributed by atoms with E-state index in [0.717, 1.165) is 0 Å². The van der Waals surface area contributed by atoms with E-state index in [1.165, 1.54) is 7.05 Å². The van der Waals surface area contributed by atoms with E-state index < -0.39 is 18.6 Å². The normalized spacial score (nSPS) is 13.4. The summed E-state index contributed by atoms with van der Waals surface area (Å²) in [6.07, 6.45) is -4.69. The van der Waals surface area contributed by atoms with Crippen molar-refractivity contribution in [2.24, 2.45) is 0 Å². The minimum atomic E-state index is -4.11. The minimum Gasteiger partial charge on any atom is -0.316 e. The third-order valence-corrected chi connectivity index (χ3v) is 1.41. The Hall–Kier alpha value is -0.690. The van der Waals surface area contributed by atoms with E-state index in [1.54, 1.807) is 6.92 Å². The summed E-state index contributed by atoms with van der Waals surface area (Å²) in [6.45, 7) is 1.61. The first-order chi connectivity index (χ1) is 5.49. The van der Waals surface area contributed by atoms with E-state index in [-0.39, 0.29) is 6.42 Å². The largest absolute Gasteiger partial charge is 0.390 e. The number of alkyl halides is 3. The van der Waals surface area contributed by atoms with Crippen molar-refractivity contribution in [3.63, 3.8) is 0 Å². The Balaban J connectivity index is 3.88. The standard InChI is InChI=1S/C8H12F3N/c1-3-4-5-7(12-2)6-8(9,10)11/h7,12H,5-6H2,1-2H3. The lowest BCUT2D eigenvalue weighted by atomic mass is 10.1. The molecular weight excluding hydrogens is 167 g/mol. The van der Waals surface area contributed by atoms with Crippen LogP contribution < -0.4 is 5.32 Å². The molecule has 0 rings (SSSR count). The number of rotatable bonds is 3. The average molecular weight is 179 g/mol. The Kier molecular flexibility index (Phi) is 4.75. The van der Waals surface area contributed by atoms with Gasteiger partial charge in [0.25, 0.3) is 0 Å². The summed E-state index contributed by atoms with van der Waals surface area (Å²) in [5.41, 5.74) is 0. The van der Waals surface area contributed by atoms with Crippen LogP contribution in [0.15, 0.2) is 0 Å². The second-order valence-corrected chi connectivity index (χ2v) is 2.44. The third-order valence-electron chi connectivity index (χ3n) is 1.41. The molecule has 0 fully saturated rings. The third kappa shape index (κ3) is 6.05. The molecule has 1 unspecified atom stereocenters. The van der Waals surface area contributed by atoms with Crippen molar-refractivity contribution in [1.82, 2.24) is 5.32 Å². The number of hydrogen-bond donors (Lipinski definition) is 1. The van der Waals surface area contributed by atoms with Gasteiger partial charge in [-0.15, -0.1) is 11.8 Å². The van der Waals surface area contributed by atoms with Crippen molar-refractivity contribution in [3.8, 4) is 11.8 Å². The van der Waals surface area contributed by atoms with Crippen LogP contribution in [-0.2, 0) is 0 Å². The summed E-state index contributed by atoms with van der Waals surface area (Å²) in [4.78, 5) is 0. The molecule has 4 heteroatoms. The summed E-state index contributed by atoms with van der Waals surface area (Å²) < 4.78 is 35.5. The molecule has 0 aliphatic heterocycles. The number of halogens is 3. The fraction of sp³-hybridized carbons (Fsp3) is 0.750. The molecule has 0 saturated heterocycles. The number of hydrogen-bond acceptors (Lipinski definition) is 1. The van der Waals surface area contributed by atoms with E-state index >= 15 is 0 Å². The van der Waals surface area contributed by atoms with E-state index in [0.29, 0.717) is 0 Å². The highest BCUT2D eigenvalue weighted by molar-refractivity contribution is 4.98. The van der Waals surface area contributed by atoms with Gasteiger partial charge in [0, 0.05) is 12.5 Å². The Morgan fingerprint density at radius 3 is 2.33 bits per heavy atom. The van der Waals surface area contributed by atoms with Crippen molar-refractivity contribution < 1.29 is 13.2 Å². The van der Waals surface area contributed by atoms with E-state index in [9.17, 15) is 13.2 Å². The summed E-state index contributed by atoms with van der Waals surface area (Å²) in [5, 5.41) is 2.57. The molecule has 0 aromatic rings. The highest BCUT2D eigenvalue weighted by atomic mass is 19.4. The predicted octanol–water partition coefficient (Wildman–Crippen LogP) is 1.94. The topological polar surface area (TPSA) is 12.0 Å². The quantitative estimate of drug-likeness (QED) is 0.653. The van der Waals surface area contributed by atoms with Gasteiger partial charge in [-0.05, 0) is 14.0 Å². The zero-order chi connectivity index (χ0) is 9.61. The summed E-state index contributed by atoms with van der Waals surface area (Å²) in [6, 6.07) is -0.586. The Morgan fingerprint density at radius 1 is 1.42 bits per heavy atom. The molecule has 0 aliphatic rings. The van der Waals surface area contributed by atoms with Gasteiger partial charge in [-0.2, -0.15) is 13.2 Å². The fourth-order valence-electron chi connectivity index (χ4n) is 0.781. The van der Waals surface area contributed by atoms with Crippen molar-refractivity contribution >= 4 is 0 Å². The van der Waals surface area contributed by atoms with Gasteiger partial charge in [-0.3, -0.25) is 0 Å². The van der Waals surface area contributed by atoms with Crippen molar-refractivity contribution in [2.75, 3.05) is 7.05 Å². The lowest BCUT2D eigenvalue weighted by molar-refractivity contribution is -0.139. The van der Waals surface area contributed by atoms with Gasteiger partial charge in [-0.1, -0.05) is 0 Å². The second kappa shape index (κ2) is 5.04. The maximum Gasteiger partial charge on any atom is 0.390 e. The average Bonchev–Trinajstić information content (AvgIpc) is 1.95. The van der Waals surface area contributed by atoms with Gasteiger partial charge in [0.2, 0.25) is 0 Å². The van der Waals surface area contributed by atoms with Crippen LogP contribution in [0, 0.1) is 11.8 Å². The molecule has 0 bridgehead atoms. The molecule has 12 heavy (non-hydrogen) atoms. The number of nitrogens with one attached hydrogen (secondary N) is 1. The lowest BCUT2D eigenvalue weighted by Crippen LogP contribution is -2.30. The predicted molar refractivity (Wildman–Crippen MR) is 41.6 cm³/mol. The molecule has 1 nitrogen and oxygen atoms in total. The van der Waals surface area contributed by atoms with Gasteiger partial charge in [0.1, 0.15) is 0 Å². The summed E-state index contributed by atoms with van der Waals surface area (Å²) in [7, 11) is 1.51. The molecular formula is C8H12F3N. The first kappa shape index (κ1) is 11.3. The minimum absolute atomic E-state index is 0.243. The molecule has 0 heterocycles. The maximum atomic E-state index is 11.8. The van der Waals surface area contributed by atoms with Gasteiger partial charge in [-0.25, -0.2) is 0 Å². The zero-order valence-electron chi connectivity index (χ0n) is 7.13. The fourth-order valence-corrected chi connectivity index (χ4v) is 0.781.